The number of Topliss-reactive ketones (excluding diaryl/α,β-unsaturated/α-hetero) is 1. The molecular formula is C26H28N4O2. The van der Waals surface area contributed by atoms with E-state index in [1.807, 2.05) is 36.4 Å². The maximum Gasteiger partial charge on any atom is 0.256 e. The molecule has 1 fully saturated rings. The molecule has 1 aliphatic carbocycles. The van der Waals surface area contributed by atoms with E-state index >= 15 is 0 Å². The molecule has 32 heavy (non-hydrogen) atoms. The van der Waals surface area contributed by atoms with Crippen LogP contribution in [-0.4, -0.2) is 21.7 Å². The zero-order chi connectivity index (χ0) is 22.2. The van der Waals surface area contributed by atoms with Crippen molar-refractivity contribution in [1.29, 1.82) is 0 Å². The number of ketones is 1. The van der Waals surface area contributed by atoms with E-state index in [0.29, 0.717) is 17.8 Å². The lowest BCUT2D eigenvalue weighted by molar-refractivity contribution is 0.0976. The molecule has 164 valence electrons. The van der Waals surface area contributed by atoms with Crippen molar-refractivity contribution >= 4 is 28.9 Å². The molecule has 3 aromatic rings. The first-order valence-electron chi connectivity index (χ1n) is 11.2. The first-order chi connectivity index (χ1) is 15.7. The fourth-order valence-corrected chi connectivity index (χ4v) is 4.19. The minimum absolute atomic E-state index is 0.198. The van der Waals surface area contributed by atoms with Gasteiger partial charge in [-0.05, 0) is 54.8 Å². The highest BCUT2D eigenvalue weighted by atomic mass is 16.1. The average Bonchev–Trinajstić information content (AvgIpc) is 3.34. The number of rotatable bonds is 9. The summed E-state index contributed by atoms with van der Waals surface area (Å²) in [5.41, 5.74) is 2.96. The molecule has 1 saturated carbocycles. The predicted octanol–water partition coefficient (Wildman–Crippen LogP) is 6.02. The summed E-state index contributed by atoms with van der Waals surface area (Å²) in [7, 11) is 0. The van der Waals surface area contributed by atoms with Crippen molar-refractivity contribution in [1.82, 2.24) is 9.97 Å². The second-order valence-electron chi connectivity index (χ2n) is 8.30. The number of anilines is 3. The van der Waals surface area contributed by atoms with E-state index in [4.69, 9.17) is 0 Å². The highest BCUT2D eigenvalue weighted by Crippen LogP contribution is 2.29. The number of nitrogens with one attached hydrogen (secondary N) is 2. The summed E-state index contributed by atoms with van der Waals surface area (Å²) in [6.07, 6.45) is 11.1. The van der Waals surface area contributed by atoms with Crippen LogP contribution in [0, 0.1) is 5.92 Å². The third-order valence-corrected chi connectivity index (χ3v) is 5.93. The minimum Gasteiger partial charge on any atom is -0.356 e. The van der Waals surface area contributed by atoms with Gasteiger partial charge in [-0.1, -0.05) is 44.2 Å². The molecule has 4 rings (SSSR count). The van der Waals surface area contributed by atoms with Gasteiger partial charge in [0, 0.05) is 35.1 Å². The third-order valence-electron chi connectivity index (χ3n) is 5.93. The van der Waals surface area contributed by atoms with E-state index in [1.54, 1.807) is 24.4 Å². The fraction of sp³-hybridized carbons (Fsp3) is 0.308. The standard InChI is InChI=1S/C26H28N4O2/c31-24(10-3-7-19-5-1-2-6-19)21-8-4-9-23(17-21)29-22-13-11-20(12-14-22)26(32)30-25-15-16-27-18-28-25/h4,8-9,11-19,29H,1-3,5-7,10H2,(H,27,28,30,32). The van der Waals surface area contributed by atoms with Crippen molar-refractivity contribution in [3.05, 3.63) is 78.2 Å². The Hall–Kier alpha value is -3.54. The molecule has 0 spiro atoms. The Labute approximate surface area is 188 Å². The lowest BCUT2D eigenvalue weighted by Gasteiger charge is -2.10. The van der Waals surface area contributed by atoms with E-state index in [-0.39, 0.29) is 11.7 Å². The summed E-state index contributed by atoms with van der Waals surface area (Å²) in [6.45, 7) is 0. The molecule has 0 saturated heterocycles. The summed E-state index contributed by atoms with van der Waals surface area (Å²) < 4.78 is 0. The first kappa shape index (κ1) is 21.7. The smallest absolute Gasteiger partial charge is 0.256 e. The van der Waals surface area contributed by atoms with Crippen molar-refractivity contribution in [2.75, 3.05) is 10.6 Å². The van der Waals surface area contributed by atoms with Gasteiger partial charge in [-0.2, -0.15) is 0 Å². The summed E-state index contributed by atoms with van der Waals surface area (Å²) >= 11 is 0. The topological polar surface area (TPSA) is 84.0 Å². The Morgan fingerprint density at radius 3 is 2.50 bits per heavy atom. The van der Waals surface area contributed by atoms with Gasteiger partial charge in [0.2, 0.25) is 0 Å². The van der Waals surface area contributed by atoms with Crippen LogP contribution in [-0.2, 0) is 0 Å². The predicted molar refractivity (Wildman–Crippen MR) is 126 cm³/mol. The molecule has 0 radical (unpaired) electrons. The van der Waals surface area contributed by atoms with Gasteiger partial charge in [-0.25, -0.2) is 9.97 Å². The van der Waals surface area contributed by atoms with Crippen LogP contribution in [0.25, 0.3) is 0 Å². The molecule has 0 atom stereocenters. The molecule has 1 aromatic heterocycles. The van der Waals surface area contributed by atoms with Crippen LogP contribution in [0.2, 0.25) is 0 Å². The summed E-state index contributed by atoms with van der Waals surface area (Å²) in [6, 6.07) is 16.4. The summed E-state index contributed by atoms with van der Waals surface area (Å²) in [5, 5.41) is 6.05. The van der Waals surface area contributed by atoms with Crippen molar-refractivity contribution in [3.63, 3.8) is 0 Å². The van der Waals surface area contributed by atoms with E-state index in [9.17, 15) is 9.59 Å². The molecule has 6 heteroatoms. The second kappa shape index (κ2) is 10.7. The molecular weight excluding hydrogens is 400 g/mol. The lowest BCUT2D eigenvalue weighted by Crippen LogP contribution is -2.12. The van der Waals surface area contributed by atoms with Crippen LogP contribution in [0.15, 0.2) is 67.1 Å². The average molecular weight is 429 g/mol. The summed E-state index contributed by atoms with van der Waals surface area (Å²) in [5.74, 6) is 1.24. The van der Waals surface area contributed by atoms with E-state index in [2.05, 4.69) is 20.6 Å². The Kier molecular flexibility index (Phi) is 7.23. The van der Waals surface area contributed by atoms with Gasteiger partial charge in [0.25, 0.3) is 5.91 Å². The molecule has 2 N–H and O–H groups in total. The molecule has 2 aromatic carbocycles. The molecule has 0 aliphatic heterocycles. The first-order valence-corrected chi connectivity index (χ1v) is 11.2. The number of carbonyl (C=O) groups is 2. The van der Waals surface area contributed by atoms with Gasteiger partial charge in [0.05, 0.1) is 0 Å². The Balaban J connectivity index is 1.31. The third kappa shape index (κ3) is 6.00. The van der Waals surface area contributed by atoms with Gasteiger partial charge >= 0.3 is 0 Å². The molecule has 1 aliphatic rings. The maximum absolute atomic E-state index is 12.6. The zero-order valence-corrected chi connectivity index (χ0v) is 18.1. The van der Waals surface area contributed by atoms with Gasteiger partial charge in [0.1, 0.15) is 12.1 Å². The van der Waals surface area contributed by atoms with E-state index in [0.717, 1.165) is 29.3 Å². The van der Waals surface area contributed by atoms with Gasteiger partial charge in [-0.15, -0.1) is 0 Å². The van der Waals surface area contributed by atoms with Crippen molar-refractivity contribution in [2.24, 2.45) is 5.92 Å². The number of hydrogen-bond acceptors (Lipinski definition) is 5. The molecule has 1 amide bonds. The zero-order valence-electron chi connectivity index (χ0n) is 18.1. The Bertz CT molecular complexity index is 1040. The number of carbonyl (C=O) groups excluding carboxylic acids is 2. The molecule has 6 nitrogen and oxygen atoms in total. The Morgan fingerprint density at radius 2 is 1.75 bits per heavy atom. The number of nitrogens with zero attached hydrogens (tertiary/aromatic N) is 2. The van der Waals surface area contributed by atoms with E-state index < -0.39 is 0 Å². The van der Waals surface area contributed by atoms with E-state index in [1.165, 1.54) is 38.4 Å². The molecule has 0 bridgehead atoms. The lowest BCUT2D eigenvalue weighted by atomic mass is 9.98. The van der Waals surface area contributed by atoms with Gasteiger partial charge < -0.3 is 10.6 Å². The number of hydrogen-bond donors (Lipinski definition) is 2. The number of benzene rings is 2. The van der Waals surface area contributed by atoms with Gasteiger partial charge in [-0.3, -0.25) is 9.59 Å². The number of aromatic nitrogens is 2. The largest absolute Gasteiger partial charge is 0.356 e. The molecule has 1 heterocycles. The van der Waals surface area contributed by atoms with Crippen molar-refractivity contribution in [3.8, 4) is 0 Å². The van der Waals surface area contributed by atoms with Crippen LogP contribution in [0.5, 0.6) is 0 Å². The van der Waals surface area contributed by atoms with Crippen LogP contribution < -0.4 is 10.6 Å². The fourth-order valence-electron chi connectivity index (χ4n) is 4.19. The second-order valence-corrected chi connectivity index (χ2v) is 8.30. The highest BCUT2D eigenvalue weighted by Gasteiger charge is 2.15. The normalized spacial score (nSPS) is 13.6. The van der Waals surface area contributed by atoms with Gasteiger partial charge in [0.15, 0.2) is 5.78 Å². The van der Waals surface area contributed by atoms with Crippen LogP contribution in [0.1, 0.15) is 65.7 Å². The highest BCUT2D eigenvalue weighted by molar-refractivity contribution is 6.04. The van der Waals surface area contributed by atoms with Crippen molar-refractivity contribution < 1.29 is 9.59 Å². The molecule has 0 unspecified atom stereocenters. The van der Waals surface area contributed by atoms with Crippen LogP contribution in [0.3, 0.4) is 0 Å². The number of amides is 1. The maximum atomic E-state index is 12.6. The summed E-state index contributed by atoms with van der Waals surface area (Å²) in [4.78, 5) is 32.8. The van der Waals surface area contributed by atoms with Crippen LogP contribution in [0.4, 0.5) is 17.2 Å². The monoisotopic (exact) mass is 428 g/mol. The van der Waals surface area contributed by atoms with Crippen LogP contribution >= 0.6 is 0 Å². The SMILES string of the molecule is O=C(CCCC1CCCC1)c1cccc(Nc2ccc(C(=O)Nc3ccncn3)cc2)c1. The minimum atomic E-state index is -0.236. The van der Waals surface area contributed by atoms with Crippen molar-refractivity contribution in [2.45, 2.75) is 44.9 Å². The quantitative estimate of drug-likeness (QED) is 0.407. The Morgan fingerprint density at radius 1 is 0.938 bits per heavy atom.